The van der Waals surface area contributed by atoms with Gasteiger partial charge in [0, 0.05) is 29.1 Å². The lowest BCUT2D eigenvalue weighted by Gasteiger charge is -2.06. The lowest BCUT2D eigenvalue weighted by Crippen LogP contribution is -2.14. The Morgan fingerprint density at radius 1 is 1.09 bits per heavy atom. The number of benzene rings is 1. The fourth-order valence-electron chi connectivity index (χ4n) is 4.13. The van der Waals surface area contributed by atoms with Crippen molar-refractivity contribution < 1.29 is 9.18 Å². The van der Waals surface area contributed by atoms with E-state index in [0.717, 1.165) is 29.4 Å². The Kier molecular flexibility index (Phi) is 4.69. The monoisotopic (exact) mass is 456 g/mol. The zero-order valence-electron chi connectivity index (χ0n) is 17.3. The molecule has 1 N–H and O–H groups in total. The number of nitrogens with zero attached hydrogens (tertiary/aromatic N) is 5. The summed E-state index contributed by atoms with van der Waals surface area (Å²) < 4.78 is 16.3. The van der Waals surface area contributed by atoms with Crippen molar-refractivity contribution in [2.75, 3.05) is 5.32 Å². The molecule has 162 valence electrons. The summed E-state index contributed by atoms with van der Waals surface area (Å²) in [6.45, 7) is 0.716. The number of hydrogen-bond donors (Lipinski definition) is 1. The first-order valence-corrected chi connectivity index (χ1v) is 11.4. The molecule has 1 aliphatic rings. The van der Waals surface area contributed by atoms with Gasteiger partial charge in [0.2, 0.25) is 0 Å². The van der Waals surface area contributed by atoms with Crippen molar-refractivity contribution in [1.82, 2.24) is 24.7 Å². The van der Waals surface area contributed by atoms with E-state index in [1.54, 1.807) is 35.3 Å². The highest BCUT2D eigenvalue weighted by Gasteiger charge is 2.29. The highest BCUT2D eigenvalue weighted by Crippen LogP contribution is 2.32. The van der Waals surface area contributed by atoms with E-state index in [1.165, 1.54) is 17.4 Å². The lowest BCUT2D eigenvalue weighted by molar-refractivity contribution is 0.102. The number of amides is 1. The summed E-state index contributed by atoms with van der Waals surface area (Å²) in [5.74, 6) is -0.746. The van der Waals surface area contributed by atoms with Crippen LogP contribution in [0.2, 0.25) is 0 Å². The number of rotatable bonds is 4. The maximum absolute atomic E-state index is 14.5. The zero-order chi connectivity index (χ0) is 22.4. The number of fused-ring (bicyclic) bond motifs is 2. The molecule has 6 rings (SSSR count). The first-order valence-electron chi connectivity index (χ1n) is 10.5. The van der Waals surface area contributed by atoms with E-state index in [4.69, 9.17) is 0 Å². The predicted molar refractivity (Wildman–Crippen MR) is 125 cm³/mol. The summed E-state index contributed by atoms with van der Waals surface area (Å²) in [4.78, 5) is 26.6. The molecule has 0 spiro atoms. The van der Waals surface area contributed by atoms with E-state index < -0.39 is 5.82 Å². The van der Waals surface area contributed by atoms with Crippen molar-refractivity contribution in [3.05, 3.63) is 77.3 Å². The molecule has 4 aromatic heterocycles. The van der Waals surface area contributed by atoms with Crippen molar-refractivity contribution in [3.63, 3.8) is 0 Å². The Hall–Kier alpha value is -3.98. The van der Waals surface area contributed by atoms with Gasteiger partial charge in [0.15, 0.2) is 5.13 Å². The van der Waals surface area contributed by atoms with Crippen molar-refractivity contribution in [2.45, 2.75) is 19.4 Å². The smallest absolute Gasteiger partial charge is 0.261 e. The molecule has 1 aromatic carbocycles. The molecule has 7 nitrogen and oxygen atoms in total. The van der Waals surface area contributed by atoms with Crippen LogP contribution in [0.25, 0.3) is 33.5 Å². The normalized spacial score (nSPS) is 12.8. The fraction of sp³-hybridized carbons (Fsp3) is 0.125. The van der Waals surface area contributed by atoms with E-state index in [-0.39, 0.29) is 5.91 Å². The molecule has 5 heterocycles. The molecular weight excluding hydrogens is 439 g/mol. The number of halogens is 1. The third-order valence-electron chi connectivity index (χ3n) is 5.68. The third kappa shape index (κ3) is 3.46. The number of carbonyl (C=O) groups is 1. The number of carbonyl (C=O) groups excluding carboxylic acids is 1. The summed E-state index contributed by atoms with van der Waals surface area (Å²) in [5, 5.41) is 10.7. The molecule has 1 aliphatic heterocycles. The van der Waals surface area contributed by atoms with Crippen LogP contribution in [0.15, 0.2) is 60.2 Å². The summed E-state index contributed by atoms with van der Waals surface area (Å²) >= 11 is 1.31. The Morgan fingerprint density at radius 2 is 2.00 bits per heavy atom. The number of aromatic nitrogens is 5. The zero-order valence-corrected chi connectivity index (χ0v) is 18.1. The summed E-state index contributed by atoms with van der Waals surface area (Å²) in [6.07, 6.45) is 5.06. The Labute approximate surface area is 192 Å². The molecule has 9 heteroatoms. The second-order valence-electron chi connectivity index (χ2n) is 7.73. The van der Waals surface area contributed by atoms with Gasteiger partial charge in [-0.3, -0.25) is 19.8 Å². The summed E-state index contributed by atoms with van der Waals surface area (Å²) in [5.41, 5.74) is 4.05. The molecule has 0 atom stereocenters. The van der Waals surface area contributed by atoms with Crippen LogP contribution in [0.3, 0.4) is 0 Å². The average Bonchev–Trinajstić information content (AvgIpc) is 3.55. The molecule has 33 heavy (non-hydrogen) atoms. The molecule has 0 unspecified atom stereocenters. The van der Waals surface area contributed by atoms with E-state index in [9.17, 15) is 9.18 Å². The minimum atomic E-state index is -0.406. The van der Waals surface area contributed by atoms with Crippen LogP contribution >= 0.6 is 11.3 Å². The van der Waals surface area contributed by atoms with Crippen LogP contribution in [0.1, 0.15) is 22.5 Å². The summed E-state index contributed by atoms with van der Waals surface area (Å²) in [6, 6.07) is 12.1. The fourth-order valence-corrected chi connectivity index (χ4v) is 4.83. The predicted octanol–water partition coefficient (Wildman–Crippen LogP) is 4.95. The second kappa shape index (κ2) is 7.86. The number of nitrogens with one attached hydrogen (secondary N) is 1. The standard InChI is InChI=1S/C24H17FN6OS/c25-16-5-2-1-4-15(16)22-21(20-6-3-11-31(20)30-22)23(32)29-24-28-19(13-33-24)17-8-7-14-9-10-26-12-18(14)27-17/h1-2,4-5,7-10,12-13H,3,6,11H2,(H,28,29,32). The Morgan fingerprint density at radius 3 is 2.91 bits per heavy atom. The quantitative estimate of drug-likeness (QED) is 0.413. The molecule has 0 saturated heterocycles. The van der Waals surface area contributed by atoms with Crippen molar-refractivity contribution in [1.29, 1.82) is 0 Å². The molecule has 0 radical (unpaired) electrons. The van der Waals surface area contributed by atoms with Gasteiger partial charge in [-0.15, -0.1) is 11.3 Å². The SMILES string of the molecule is O=C(Nc1nc(-c2ccc3ccncc3n2)cs1)c1c(-c2ccccc2F)nn2c1CCC2. The minimum Gasteiger partial charge on any atom is -0.298 e. The lowest BCUT2D eigenvalue weighted by atomic mass is 10.0. The van der Waals surface area contributed by atoms with Gasteiger partial charge in [0.05, 0.1) is 28.7 Å². The minimum absolute atomic E-state index is 0.318. The number of thiazole rings is 1. The van der Waals surface area contributed by atoms with Gasteiger partial charge in [-0.25, -0.2) is 14.4 Å². The first-order chi connectivity index (χ1) is 16.2. The first kappa shape index (κ1) is 19.7. The Bertz CT molecular complexity index is 1520. The number of anilines is 1. The molecule has 1 amide bonds. The molecule has 0 fully saturated rings. The van der Waals surface area contributed by atoms with Crippen molar-refractivity contribution >= 4 is 33.3 Å². The van der Waals surface area contributed by atoms with Crippen LogP contribution in [-0.4, -0.2) is 30.6 Å². The largest absolute Gasteiger partial charge is 0.298 e. The van der Waals surface area contributed by atoms with Gasteiger partial charge in [-0.2, -0.15) is 5.10 Å². The second-order valence-corrected chi connectivity index (χ2v) is 8.59. The van der Waals surface area contributed by atoms with Gasteiger partial charge >= 0.3 is 0 Å². The number of aryl methyl sites for hydroxylation is 1. The highest BCUT2D eigenvalue weighted by molar-refractivity contribution is 7.14. The van der Waals surface area contributed by atoms with Crippen LogP contribution in [0.5, 0.6) is 0 Å². The van der Waals surface area contributed by atoms with Crippen LogP contribution in [-0.2, 0) is 13.0 Å². The van der Waals surface area contributed by atoms with Gasteiger partial charge in [-0.05, 0) is 37.1 Å². The Balaban J connectivity index is 1.33. The van der Waals surface area contributed by atoms with Gasteiger partial charge in [0.25, 0.3) is 5.91 Å². The maximum atomic E-state index is 14.5. The van der Waals surface area contributed by atoms with Crippen molar-refractivity contribution in [2.24, 2.45) is 0 Å². The van der Waals surface area contributed by atoms with E-state index in [1.807, 2.05) is 23.6 Å². The van der Waals surface area contributed by atoms with E-state index >= 15 is 0 Å². The molecule has 0 bridgehead atoms. The van der Waals surface area contributed by atoms with Crippen molar-refractivity contribution in [3.8, 4) is 22.6 Å². The van der Waals surface area contributed by atoms with E-state index in [0.29, 0.717) is 39.9 Å². The molecule has 0 aliphatic carbocycles. The van der Waals surface area contributed by atoms with Crippen LogP contribution < -0.4 is 5.32 Å². The van der Waals surface area contributed by atoms with Gasteiger partial charge < -0.3 is 0 Å². The van der Waals surface area contributed by atoms with Crippen LogP contribution in [0, 0.1) is 5.82 Å². The van der Waals surface area contributed by atoms with E-state index in [2.05, 4.69) is 25.4 Å². The topological polar surface area (TPSA) is 85.6 Å². The van der Waals surface area contributed by atoms with Gasteiger partial charge in [0.1, 0.15) is 17.2 Å². The molecule has 5 aromatic rings. The molecule has 0 saturated carbocycles. The average molecular weight is 457 g/mol. The molecular formula is C24H17FN6OS. The maximum Gasteiger partial charge on any atom is 0.261 e. The number of pyridine rings is 2. The third-order valence-corrected chi connectivity index (χ3v) is 6.44. The van der Waals surface area contributed by atoms with Gasteiger partial charge in [-0.1, -0.05) is 18.2 Å². The number of hydrogen-bond acceptors (Lipinski definition) is 6. The highest BCUT2D eigenvalue weighted by atomic mass is 32.1. The summed E-state index contributed by atoms with van der Waals surface area (Å²) in [7, 11) is 0. The van der Waals surface area contributed by atoms with Crippen LogP contribution in [0.4, 0.5) is 9.52 Å².